The minimum atomic E-state index is 0.865. The summed E-state index contributed by atoms with van der Waals surface area (Å²) in [4.78, 5) is 2.41. The predicted molar refractivity (Wildman–Crippen MR) is 237 cm³/mol. The Bertz CT molecular complexity index is 3260. The molecule has 0 saturated carbocycles. The smallest absolute Gasteiger partial charge is 0.137 e. The highest BCUT2D eigenvalue weighted by Crippen LogP contribution is 2.47. The summed E-state index contributed by atoms with van der Waals surface area (Å²) in [5.74, 6) is 0. The van der Waals surface area contributed by atoms with Gasteiger partial charge >= 0.3 is 0 Å². The average Bonchev–Trinajstić information content (AvgIpc) is 3.66. The van der Waals surface area contributed by atoms with Gasteiger partial charge in [0.05, 0.1) is 16.8 Å². The minimum Gasteiger partial charge on any atom is -0.456 e. The third-order valence-electron chi connectivity index (χ3n) is 11.2. The highest BCUT2D eigenvalue weighted by Gasteiger charge is 2.22. The van der Waals surface area contributed by atoms with E-state index in [0.29, 0.717) is 0 Å². The van der Waals surface area contributed by atoms with E-state index in [1.165, 1.54) is 54.6 Å². The van der Waals surface area contributed by atoms with Gasteiger partial charge in [-0.05, 0) is 103 Å². The fraction of sp³-hybridized carbons (Fsp3) is 0. The second kappa shape index (κ2) is 13.2. The van der Waals surface area contributed by atoms with Crippen molar-refractivity contribution in [2.45, 2.75) is 0 Å². The fourth-order valence-corrected chi connectivity index (χ4v) is 8.59. The first kappa shape index (κ1) is 32.0. The van der Waals surface area contributed by atoms with Gasteiger partial charge in [0.2, 0.25) is 0 Å². The Hall–Kier alpha value is -7.42. The van der Waals surface area contributed by atoms with Crippen LogP contribution < -0.4 is 4.90 Å². The molecule has 2 nitrogen and oxygen atoms in total. The van der Waals surface area contributed by atoms with Crippen LogP contribution in [0, 0.1) is 0 Å². The number of hydrogen-bond donors (Lipinski definition) is 0. The Labute approximate surface area is 325 Å². The van der Waals surface area contributed by atoms with Crippen LogP contribution in [0.2, 0.25) is 0 Å². The number of anilines is 3. The Morgan fingerprint density at radius 3 is 1.79 bits per heavy atom. The molecule has 0 unspecified atom stereocenters. The largest absolute Gasteiger partial charge is 0.456 e. The number of nitrogens with zero attached hydrogens (tertiary/aromatic N) is 1. The first-order chi connectivity index (χ1) is 27.8. The van der Waals surface area contributed by atoms with Gasteiger partial charge in [-0.15, -0.1) is 0 Å². The van der Waals surface area contributed by atoms with Gasteiger partial charge in [-0.25, -0.2) is 0 Å². The third-order valence-corrected chi connectivity index (χ3v) is 11.2. The van der Waals surface area contributed by atoms with Crippen molar-refractivity contribution in [1.29, 1.82) is 0 Å². The highest BCUT2D eigenvalue weighted by atomic mass is 16.3. The maximum atomic E-state index is 6.45. The van der Waals surface area contributed by atoms with Crippen LogP contribution in [-0.4, -0.2) is 0 Å². The van der Waals surface area contributed by atoms with E-state index in [1.54, 1.807) is 0 Å². The molecule has 10 aromatic carbocycles. The number of rotatable bonds is 6. The molecule has 11 aromatic rings. The molecule has 0 atom stereocenters. The zero-order valence-corrected chi connectivity index (χ0v) is 30.6. The molecule has 0 radical (unpaired) electrons. The summed E-state index contributed by atoms with van der Waals surface area (Å²) >= 11 is 0. The van der Waals surface area contributed by atoms with Crippen molar-refractivity contribution in [3.05, 3.63) is 212 Å². The van der Waals surface area contributed by atoms with E-state index in [1.807, 2.05) is 6.07 Å². The van der Waals surface area contributed by atoms with E-state index in [-0.39, 0.29) is 0 Å². The molecular formula is C54H35NO. The van der Waals surface area contributed by atoms with Crippen molar-refractivity contribution >= 4 is 71.3 Å². The number of benzene rings is 10. The van der Waals surface area contributed by atoms with Gasteiger partial charge < -0.3 is 9.32 Å². The van der Waals surface area contributed by atoms with Crippen molar-refractivity contribution in [1.82, 2.24) is 0 Å². The minimum absolute atomic E-state index is 0.865. The Morgan fingerprint density at radius 2 is 0.893 bits per heavy atom. The van der Waals surface area contributed by atoms with E-state index in [9.17, 15) is 0 Å². The zero-order chi connectivity index (χ0) is 37.0. The Morgan fingerprint density at radius 1 is 0.304 bits per heavy atom. The third kappa shape index (κ3) is 5.34. The van der Waals surface area contributed by atoms with Crippen LogP contribution in [0.5, 0.6) is 0 Å². The zero-order valence-electron chi connectivity index (χ0n) is 30.6. The van der Waals surface area contributed by atoms with E-state index >= 15 is 0 Å². The SMILES string of the molecule is c1cc(-c2cccc3ccccc23)cc(N(c2ccccc2-c2ccc(-c3ccc4c(ccc5ccccc54)c3)cc2)c2cccc3oc4ccccc4c23)c1. The van der Waals surface area contributed by atoms with Crippen molar-refractivity contribution in [3.8, 4) is 33.4 Å². The van der Waals surface area contributed by atoms with E-state index < -0.39 is 0 Å². The van der Waals surface area contributed by atoms with Gasteiger partial charge in [0.15, 0.2) is 0 Å². The Kier molecular flexibility index (Phi) is 7.53. The van der Waals surface area contributed by atoms with Gasteiger partial charge in [0.1, 0.15) is 11.2 Å². The average molecular weight is 714 g/mol. The van der Waals surface area contributed by atoms with Gasteiger partial charge in [-0.3, -0.25) is 0 Å². The van der Waals surface area contributed by atoms with Gasteiger partial charge in [0, 0.05) is 16.6 Å². The van der Waals surface area contributed by atoms with Crippen LogP contribution in [0.1, 0.15) is 0 Å². The van der Waals surface area contributed by atoms with Crippen LogP contribution in [0.25, 0.3) is 87.6 Å². The van der Waals surface area contributed by atoms with Crippen molar-refractivity contribution in [3.63, 3.8) is 0 Å². The van der Waals surface area contributed by atoms with Gasteiger partial charge in [0.25, 0.3) is 0 Å². The van der Waals surface area contributed by atoms with E-state index in [0.717, 1.165) is 50.1 Å². The quantitative estimate of drug-likeness (QED) is 0.160. The summed E-state index contributed by atoms with van der Waals surface area (Å²) in [6.45, 7) is 0. The molecular weight excluding hydrogens is 679 g/mol. The van der Waals surface area contributed by atoms with Crippen LogP contribution in [-0.2, 0) is 0 Å². The van der Waals surface area contributed by atoms with Crippen LogP contribution in [0.3, 0.4) is 0 Å². The summed E-state index contributed by atoms with van der Waals surface area (Å²) < 4.78 is 6.45. The molecule has 0 bridgehead atoms. The molecule has 0 aliphatic heterocycles. The topological polar surface area (TPSA) is 16.4 Å². The monoisotopic (exact) mass is 713 g/mol. The first-order valence-electron chi connectivity index (χ1n) is 19.2. The standard InChI is InChI=1S/C54H35NO/c1-3-17-44-37(12-1)14-10-21-46(44)41-15-9-16-43(35-41)55(51-23-11-25-53-54(51)49-20-6-8-24-52(49)56-53)50-22-7-5-19-48(50)39-28-26-36(27-29-39)40-32-33-47-42(34-40)31-30-38-13-2-4-18-45(38)47/h1-35H. The fourth-order valence-electron chi connectivity index (χ4n) is 8.59. The second-order valence-corrected chi connectivity index (χ2v) is 14.5. The van der Waals surface area contributed by atoms with Crippen molar-refractivity contribution in [2.24, 2.45) is 0 Å². The normalized spacial score (nSPS) is 11.6. The second-order valence-electron chi connectivity index (χ2n) is 14.5. The molecule has 1 aromatic heterocycles. The summed E-state index contributed by atoms with van der Waals surface area (Å²) in [6.07, 6.45) is 0. The Balaban J connectivity index is 1.07. The summed E-state index contributed by atoms with van der Waals surface area (Å²) in [5.41, 5.74) is 12.0. The molecule has 0 fully saturated rings. The van der Waals surface area contributed by atoms with Crippen molar-refractivity contribution < 1.29 is 4.42 Å². The number of hydrogen-bond acceptors (Lipinski definition) is 2. The summed E-state index contributed by atoms with van der Waals surface area (Å²) in [7, 11) is 0. The molecule has 0 amide bonds. The van der Waals surface area contributed by atoms with Crippen LogP contribution >= 0.6 is 0 Å². The molecule has 0 spiro atoms. The molecule has 0 aliphatic rings. The van der Waals surface area contributed by atoms with Gasteiger partial charge in [-0.1, -0.05) is 170 Å². The molecule has 262 valence electrons. The maximum Gasteiger partial charge on any atom is 0.137 e. The maximum absolute atomic E-state index is 6.45. The van der Waals surface area contributed by atoms with Gasteiger partial charge in [-0.2, -0.15) is 0 Å². The lowest BCUT2D eigenvalue weighted by molar-refractivity contribution is 0.669. The molecule has 11 rings (SSSR count). The number of para-hydroxylation sites is 2. The van der Waals surface area contributed by atoms with E-state index in [4.69, 9.17) is 4.42 Å². The van der Waals surface area contributed by atoms with Crippen molar-refractivity contribution in [2.75, 3.05) is 4.90 Å². The predicted octanol–water partition coefficient (Wildman–Crippen LogP) is 15.5. The molecule has 0 N–H and O–H groups in total. The number of fused-ring (bicyclic) bond motifs is 7. The molecule has 56 heavy (non-hydrogen) atoms. The molecule has 0 saturated heterocycles. The lowest BCUT2D eigenvalue weighted by Gasteiger charge is -2.29. The number of furan rings is 1. The highest BCUT2D eigenvalue weighted by molar-refractivity contribution is 6.14. The molecule has 1 heterocycles. The summed E-state index contributed by atoms with van der Waals surface area (Å²) in [5, 5.41) is 9.73. The molecule has 2 heteroatoms. The lowest BCUT2D eigenvalue weighted by atomic mass is 9.95. The summed E-state index contributed by atoms with van der Waals surface area (Å²) in [6, 6.07) is 76.5. The van der Waals surface area contributed by atoms with E-state index in [2.05, 4.69) is 211 Å². The van der Waals surface area contributed by atoms with Crippen LogP contribution in [0.4, 0.5) is 17.1 Å². The van der Waals surface area contributed by atoms with Crippen LogP contribution in [0.15, 0.2) is 217 Å². The lowest BCUT2D eigenvalue weighted by Crippen LogP contribution is -2.11. The molecule has 0 aliphatic carbocycles. The first-order valence-corrected chi connectivity index (χ1v) is 19.2.